The lowest BCUT2D eigenvalue weighted by Crippen LogP contribution is -2.46. The zero-order chi connectivity index (χ0) is 39.7. The fourth-order valence-electron chi connectivity index (χ4n) is 5.85. The molecule has 0 spiro atoms. The van der Waals surface area contributed by atoms with Gasteiger partial charge in [0.1, 0.15) is 17.5 Å². The topological polar surface area (TPSA) is 94.3 Å². The number of hydrogen-bond donors (Lipinski definition) is 3. The van der Waals surface area contributed by atoms with Gasteiger partial charge in [0.05, 0.1) is 12.2 Å². The number of nitrogens with zero attached hydrogens (tertiary/aromatic N) is 5. The molecule has 4 rings (SSSR count). The monoisotopic (exact) mass is 745 g/mol. The van der Waals surface area contributed by atoms with Crippen molar-refractivity contribution in [1.82, 2.24) is 25.4 Å². The van der Waals surface area contributed by atoms with Crippen LogP contribution < -0.4 is 21.3 Å². The molecule has 0 saturated carbocycles. The first-order valence-electron chi connectivity index (χ1n) is 19.7. The molecule has 3 aliphatic rings. The number of aromatic nitrogens is 1. The Labute approximate surface area is 325 Å². The lowest BCUT2D eigenvalue weighted by Gasteiger charge is -2.35. The van der Waals surface area contributed by atoms with Crippen molar-refractivity contribution in [2.75, 3.05) is 77.1 Å². The molecule has 1 fully saturated rings. The van der Waals surface area contributed by atoms with Crippen molar-refractivity contribution in [3.8, 4) is 0 Å². The highest BCUT2D eigenvalue weighted by Crippen LogP contribution is 2.29. The fraction of sp³-hybridized carbons (Fsp3) is 0.714. The standard InChI is InChI=1S/C32H51N7O.C4H11N.C2H6S.2C2H6/c1-24-34-30(35-27-13-8-11-25(16-17-27)26-12-10-19-37(6)21-26)38(7)20-18-32(5,23-40-31(2,3)4)22-39(24)29-15-9-14-28(33)36-29;1-3-4-5-2;1-3-2;2*1-2/h9,11,14-18,20,26-27,30,35H,8,10,12-13,19,21-23H2,1-7H3,(H2,33,36);5H,3-4H2,1-2H3;1-2H3;2*1-2H3/b20-18+,34-24+;;;;/t26-,27?,30?,32+;;;;/m1..../s1. The van der Waals surface area contributed by atoms with Gasteiger partial charge < -0.3 is 30.5 Å². The zero-order valence-corrected chi connectivity index (χ0v) is 36.9. The molecule has 2 aliphatic heterocycles. The Balaban J connectivity index is 0.00000191. The van der Waals surface area contributed by atoms with Crippen LogP contribution >= 0.6 is 11.8 Å². The highest BCUT2D eigenvalue weighted by atomic mass is 32.2. The number of ether oxygens (including phenoxy) is 1. The molecule has 4 N–H and O–H groups in total. The SMILES string of the molecule is C/C1=N\C(NC2C=CC([C@@H]3CCCN(C)C3)=CCC2)N(C)/C=C/[C@](C)(COC(C)(C)C)CN1c1cccc(N)n1.CC.CC.CCCNC.CSC. The van der Waals surface area contributed by atoms with Gasteiger partial charge in [-0.25, -0.2) is 9.98 Å². The molecular weight excluding hydrogens is 665 g/mol. The van der Waals surface area contributed by atoms with Gasteiger partial charge in [-0.1, -0.05) is 71.9 Å². The normalized spacial score (nSPS) is 25.2. The molecule has 0 aromatic carbocycles. The van der Waals surface area contributed by atoms with E-state index in [9.17, 15) is 0 Å². The van der Waals surface area contributed by atoms with E-state index in [2.05, 4.69) is 116 Å². The number of pyridine rings is 1. The van der Waals surface area contributed by atoms with E-state index in [1.807, 2.05) is 65.5 Å². The number of hydrogen-bond acceptors (Lipinski definition) is 10. The predicted molar refractivity (Wildman–Crippen MR) is 234 cm³/mol. The van der Waals surface area contributed by atoms with Gasteiger partial charge in [0.25, 0.3) is 0 Å². The molecular formula is C42H80N8OS. The Hall–Kier alpha value is -2.37. The van der Waals surface area contributed by atoms with Gasteiger partial charge in [-0.2, -0.15) is 11.8 Å². The van der Waals surface area contributed by atoms with Gasteiger partial charge in [-0.05, 0) is 129 Å². The summed E-state index contributed by atoms with van der Waals surface area (Å²) in [6.07, 6.45) is 21.3. The highest BCUT2D eigenvalue weighted by molar-refractivity contribution is 7.97. The Bertz CT molecular complexity index is 1190. The molecule has 3 heterocycles. The summed E-state index contributed by atoms with van der Waals surface area (Å²) in [5.41, 5.74) is 7.08. The average Bonchev–Trinajstić information content (AvgIpc) is 3.34. The quantitative estimate of drug-likeness (QED) is 0.242. The van der Waals surface area contributed by atoms with E-state index in [0.29, 0.717) is 24.9 Å². The molecule has 10 heteroatoms. The van der Waals surface area contributed by atoms with Gasteiger partial charge in [0.15, 0.2) is 6.29 Å². The summed E-state index contributed by atoms with van der Waals surface area (Å²) in [5.74, 6) is 2.81. The number of likely N-dealkylation sites (tertiary alicyclic amines) is 1. The van der Waals surface area contributed by atoms with Gasteiger partial charge >= 0.3 is 0 Å². The summed E-state index contributed by atoms with van der Waals surface area (Å²) in [5, 5.41) is 6.84. The number of anilines is 2. The van der Waals surface area contributed by atoms with E-state index in [0.717, 1.165) is 37.6 Å². The van der Waals surface area contributed by atoms with E-state index >= 15 is 0 Å². The first-order chi connectivity index (χ1) is 24.7. The van der Waals surface area contributed by atoms with E-state index in [4.69, 9.17) is 15.5 Å². The van der Waals surface area contributed by atoms with E-state index < -0.39 is 0 Å². The summed E-state index contributed by atoms with van der Waals surface area (Å²) < 4.78 is 6.30. The maximum Gasteiger partial charge on any atom is 0.177 e. The molecule has 4 atom stereocenters. The number of nitrogens with one attached hydrogen (secondary N) is 2. The third kappa shape index (κ3) is 19.6. The van der Waals surface area contributed by atoms with Crippen LogP contribution in [-0.2, 0) is 4.74 Å². The minimum Gasteiger partial charge on any atom is -0.384 e. The molecule has 1 aromatic rings. The maximum absolute atomic E-state index is 6.30. The number of allylic oxidation sites excluding steroid dienone is 2. The molecule has 300 valence electrons. The lowest BCUT2D eigenvalue weighted by atomic mass is 9.90. The van der Waals surface area contributed by atoms with E-state index in [-0.39, 0.29) is 23.3 Å². The number of piperidine rings is 1. The average molecular weight is 745 g/mol. The fourth-order valence-corrected chi connectivity index (χ4v) is 5.85. The number of amidine groups is 1. The second-order valence-electron chi connectivity index (χ2n) is 14.6. The molecule has 0 bridgehead atoms. The van der Waals surface area contributed by atoms with Crippen molar-refractivity contribution in [1.29, 1.82) is 0 Å². The summed E-state index contributed by atoms with van der Waals surface area (Å²) >= 11 is 1.75. The van der Waals surface area contributed by atoms with Crippen LogP contribution in [0, 0.1) is 11.3 Å². The van der Waals surface area contributed by atoms with Crippen LogP contribution in [0.1, 0.15) is 101 Å². The van der Waals surface area contributed by atoms with E-state index in [1.54, 1.807) is 11.8 Å². The smallest absolute Gasteiger partial charge is 0.177 e. The number of nitrogen functional groups attached to an aromatic ring is 1. The van der Waals surface area contributed by atoms with Gasteiger partial charge in [0, 0.05) is 31.6 Å². The summed E-state index contributed by atoms with van der Waals surface area (Å²) in [4.78, 5) is 16.7. The van der Waals surface area contributed by atoms with Crippen molar-refractivity contribution in [2.24, 2.45) is 16.3 Å². The van der Waals surface area contributed by atoms with Crippen molar-refractivity contribution >= 4 is 29.2 Å². The number of rotatable bonds is 8. The molecule has 2 unspecified atom stereocenters. The van der Waals surface area contributed by atoms with Crippen molar-refractivity contribution in [2.45, 2.75) is 119 Å². The molecule has 0 amide bonds. The molecule has 0 radical (unpaired) electrons. The van der Waals surface area contributed by atoms with Crippen molar-refractivity contribution in [3.63, 3.8) is 0 Å². The second kappa shape index (κ2) is 27.2. The largest absolute Gasteiger partial charge is 0.384 e. The van der Waals surface area contributed by atoms with Crippen molar-refractivity contribution in [3.05, 3.63) is 54.3 Å². The molecule has 1 saturated heterocycles. The van der Waals surface area contributed by atoms with Crippen LogP contribution in [0.2, 0.25) is 0 Å². The Kier molecular flexibility index (Phi) is 26.0. The first-order valence-corrected chi connectivity index (χ1v) is 21.3. The molecule has 1 aliphatic carbocycles. The Morgan fingerprint density at radius 2 is 1.77 bits per heavy atom. The minimum atomic E-state index is -0.284. The number of thioether (sulfide) groups is 1. The molecule has 9 nitrogen and oxygen atoms in total. The van der Waals surface area contributed by atoms with E-state index in [1.165, 1.54) is 31.4 Å². The Morgan fingerprint density at radius 3 is 2.33 bits per heavy atom. The summed E-state index contributed by atoms with van der Waals surface area (Å²) in [6, 6.07) is 5.99. The first kappa shape index (κ1) is 49.6. The number of aliphatic imine (C=N–C) groups is 1. The Morgan fingerprint density at radius 1 is 1.10 bits per heavy atom. The zero-order valence-electron chi connectivity index (χ0n) is 36.1. The van der Waals surface area contributed by atoms with Crippen LogP contribution in [0.25, 0.3) is 0 Å². The number of nitrogens with two attached hydrogens (primary N) is 1. The molecule has 1 aromatic heterocycles. The predicted octanol–water partition coefficient (Wildman–Crippen LogP) is 8.68. The maximum atomic E-state index is 6.30. The minimum absolute atomic E-state index is 0.225. The van der Waals surface area contributed by atoms with Crippen LogP contribution in [0.3, 0.4) is 0 Å². The van der Waals surface area contributed by atoms with Gasteiger partial charge in [-0.15, -0.1) is 0 Å². The van der Waals surface area contributed by atoms with Crippen LogP contribution in [-0.4, -0.2) is 105 Å². The van der Waals surface area contributed by atoms with Crippen LogP contribution in [0.4, 0.5) is 11.6 Å². The molecule has 52 heavy (non-hydrogen) atoms. The van der Waals surface area contributed by atoms with Crippen LogP contribution in [0.15, 0.2) is 59.3 Å². The highest BCUT2D eigenvalue weighted by Gasteiger charge is 2.32. The lowest BCUT2D eigenvalue weighted by molar-refractivity contribution is -0.0336. The third-order valence-corrected chi connectivity index (χ3v) is 8.52. The summed E-state index contributed by atoms with van der Waals surface area (Å²) in [7, 11) is 6.29. The van der Waals surface area contributed by atoms with Crippen molar-refractivity contribution < 1.29 is 4.74 Å². The van der Waals surface area contributed by atoms with Gasteiger partial charge in [-0.3, -0.25) is 5.32 Å². The second-order valence-corrected chi connectivity index (χ2v) is 15.4. The summed E-state index contributed by atoms with van der Waals surface area (Å²) in [6.45, 7) is 25.5. The van der Waals surface area contributed by atoms with Crippen LogP contribution in [0.5, 0.6) is 0 Å². The van der Waals surface area contributed by atoms with Gasteiger partial charge in [0.2, 0.25) is 0 Å². The third-order valence-electron chi connectivity index (χ3n) is 8.52.